The van der Waals surface area contributed by atoms with Crippen LogP contribution in [0.5, 0.6) is 0 Å². The van der Waals surface area contributed by atoms with Crippen molar-refractivity contribution in [1.82, 2.24) is 9.80 Å². The Morgan fingerprint density at radius 1 is 1.15 bits per heavy atom. The number of hydrogen-bond donors (Lipinski definition) is 1. The summed E-state index contributed by atoms with van der Waals surface area (Å²) in [6.07, 6.45) is 1.17. The SMILES string of the molecule is C[C@@H](C(=O)N1CCCOCC(=O)N(CC(=O)O)CCC1)c1ccccc1. The maximum absolute atomic E-state index is 12.9. The third-order valence-electron chi connectivity index (χ3n) is 4.46. The number of benzene rings is 1. The van der Waals surface area contributed by atoms with Gasteiger partial charge in [-0.1, -0.05) is 30.3 Å². The molecule has 142 valence electrons. The van der Waals surface area contributed by atoms with Crippen molar-refractivity contribution in [2.45, 2.75) is 25.7 Å². The Labute approximate surface area is 153 Å². The molecular formula is C19H26N2O5. The summed E-state index contributed by atoms with van der Waals surface area (Å²) < 4.78 is 5.34. The lowest BCUT2D eigenvalue weighted by atomic mass is 9.99. The monoisotopic (exact) mass is 362 g/mol. The van der Waals surface area contributed by atoms with Gasteiger partial charge in [0.1, 0.15) is 13.2 Å². The molecule has 1 heterocycles. The molecule has 0 aromatic heterocycles. The summed E-state index contributed by atoms with van der Waals surface area (Å²) in [4.78, 5) is 38.9. The molecule has 1 saturated heterocycles. The van der Waals surface area contributed by atoms with Crippen LogP contribution in [0, 0.1) is 0 Å². The van der Waals surface area contributed by atoms with Gasteiger partial charge in [0.05, 0.1) is 5.92 Å². The van der Waals surface area contributed by atoms with Gasteiger partial charge in [-0.25, -0.2) is 0 Å². The number of amides is 2. The molecule has 2 amide bonds. The minimum absolute atomic E-state index is 0.0339. The number of hydrogen-bond acceptors (Lipinski definition) is 4. The predicted molar refractivity (Wildman–Crippen MR) is 95.7 cm³/mol. The highest BCUT2D eigenvalue weighted by Crippen LogP contribution is 2.18. The maximum Gasteiger partial charge on any atom is 0.323 e. The van der Waals surface area contributed by atoms with Gasteiger partial charge >= 0.3 is 5.97 Å². The van der Waals surface area contributed by atoms with Crippen molar-refractivity contribution >= 4 is 17.8 Å². The summed E-state index contributed by atoms with van der Waals surface area (Å²) in [5.74, 6) is -1.60. The van der Waals surface area contributed by atoms with Crippen LogP contribution in [0.15, 0.2) is 30.3 Å². The molecule has 0 spiro atoms. The first kappa shape index (κ1) is 19.9. The van der Waals surface area contributed by atoms with E-state index >= 15 is 0 Å². The zero-order valence-electron chi connectivity index (χ0n) is 15.1. The number of ether oxygens (including phenoxy) is 1. The number of carbonyl (C=O) groups is 3. The van der Waals surface area contributed by atoms with E-state index < -0.39 is 5.97 Å². The minimum Gasteiger partial charge on any atom is -0.480 e. The molecule has 1 fully saturated rings. The highest BCUT2D eigenvalue weighted by Gasteiger charge is 2.23. The summed E-state index contributed by atoms with van der Waals surface area (Å²) in [5, 5.41) is 8.97. The van der Waals surface area contributed by atoms with E-state index in [9.17, 15) is 14.4 Å². The van der Waals surface area contributed by atoms with Crippen LogP contribution in [0.4, 0.5) is 0 Å². The Morgan fingerprint density at radius 2 is 1.85 bits per heavy atom. The van der Waals surface area contributed by atoms with Crippen LogP contribution in [0.2, 0.25) is 0 Å². The Balaban J connectivity index is 2.03. The Hall–Kier alpha value is -2.41. The topological polar surface area (TPSA) is 87.2 Å². The number of rotatable bonds is 4. The molecule has 0 unspecified atom stereocenters. The van der Waals surface area contributed by atoms with E-state index in [0.717, 1.165) is 5.56 Å². The second kappa shape index (κ2) is 9.91. The second-order valence-corrected chi connectivity index (χ2v) is 6.43. The summed E-state index contributed by atoms with van der Waals surface area (Å²) in [6, 6.07) is 9.61. The average molecular weight is 362 g/mol. The van der Waals surface area contributed by atoms with Crippen molar-refractivity contribution in [2.75, 3.05) is 39.4 Å². The largest absolute Gasteiger partial charge is 0.480 e. The molecule has 1 aliphatic heterocycles. The van der Waals surface area contributed by atoms with Gasteiger partial charge in [-0.2, -0.15) is 0 Å². The van der Waals surface area contributed by atoms with Gasteiger partial charge in [-0.05, 0) is 25.3 Å². The average Bonchev–Trinajstić information content (AvgIpc) is 2.67. The van der Waals surface area contributed by atoms with Crippen molar-refractivity contribution < 1.29 is 24.2 Å². The summed E-state index contributed by atoms with van der Waals surface area (Å²) in [7, 11) is 0. The Kier molecular flexibility index (Phi) is 7.59. The fourth-order valence-corrected chi connectivity index (χ4v) is 3.01. The number of carboxylic acids is 1. The first-order valence-corrected chi connectivity index (χ1v) is 8.90. The molecule has 26 heavy (non-hydrogen) atoms. The summed E-state index contributed by atoms with van der Waals surface area (Å²) in [6.45, 7) is 3.11. The zero-order valence-corrected chi connectivity index (χ0v) is 15.1. The molecule has 0 saturated carbocycles. The van der Waals surface area contributed by atoms with Gasteiger partial charge < -0.3 is 19.6 Å². The molecule has 0 aliphatic carbocycles. The maximum atomic E-state index is 12.9. The quantitative estimate of drug-likeness (QED) is 0.873. The van der Waals surface area contributed by atoms with Crippen molar-refractivity contribution in [3.05, 3.63) is 35.9 Å². The molecule has 0 radical (unpaired) electrons. The van der Waals surface area contributed by atoms with Gasteiger partial charge in [0.25, 0.3) is 0 Å². The second-order valence-electron chi connectivity index (χ2n) is 6.43. The molecule has 1 atom stereocenters. The molecule has 1 aliphatic rings. The third-order valence-corrected chi connectivity index (χ3v) is 4.46. The fraction of sp³-hybridized carbons (Fsp3) is 0.526. The van der Waals surface area contributed by atoms with E-state index in [-0.39, 0.29) is 37.4 Å². The van der Waals surface area contributed by atoms with Crippen LogP contribution in [-0.4, -0.2) is 72.1 Å². The fourth-order valence-electron chi connectivity index (χ4n) is 3.01. The van der Waals surface area contributed by atoms with Crippen molar-refractivity contribution in [3.8, 4) is 0 Å². The third kappa shape index (κ3) is 5.84. The summed E-state index contributed by atoms with van der Waals surface area (Å²) in [5.41, 5.74) is 0.964. The van der Waals surface area contributed by atoms with Crippen LogP contribution in [-0.2, 0) is 19.1 Å². The highest BCUT2D eigenvalue weighted by atomic mass is 16.5. The van der Waals surface area contributed by atoms with Crippen LogP contribution in [0.1, 0.15) is 31.2 Å². The first-order valence-electron chi connectivity index (χ1n) is 8.90. The molecule has 0 bridgehead atoms. The van der Waals surface area contributed by atoms with Gasteiger partial charge in [0, 0.05) is 26.2 Å². The Morgan fingerprint density at radius 3 is 2.54 bits per heavy atom. The van der Waals surface area contributed by atoms with Crippen molar-refractivity contribution in [3.63, 3.8) is 0 Å². The van der Waals surface area contributed by atoms with Crippen molar-refractivity contribution in [2.24, 2.45) is 0 Å². The smallest absolute Gasteiger partial charge is 0.323 e. The number of carboxylic acid groups (broad SMARTS) is 1. The molecule has 1 N–H and O–H groups in total. The van der Waals surface area contributed by atoms with E-state index in [1.165, 1.54) is 4.90 Å². The predicted octanol–water partition coefficient (Wildman–Crippen LogP) is 1.34. The molecule has 2 rings (SSSR count). The standard InChI is InChI=1S/C19H26N2O5/c1-15(16-7-3-2-4-8-16)19(25)20-9-5-10-21(13-18(23)24)17(22)14-26-12-6-11-20/h2-4,7-8,15H,5-6,9-14H2,1H3,(H,23,24)/t15-/m1/s1. The minimum atomic E-state index is -1.06. The highest BCUT2D eigenvalue weighted by molar-refractivity contribution is 5.83. The lowest BCUT2D eigenvalue weighted by molar-refractivity contribution is -0.146. The zero-order chi connectivity index (χ0) is 18.9. The van der Waals surface area contributed by atoms with E-state index in [1.54, 1.807) is 4.90 Å². The summed E-state index contributed by atoms with van der Waals surface area (Å²) >= 11 is 0. The van der Waals surface area contributed by atoms with Crippen molar-refractivity contribution in [1.29, 1.82) is 0 Å². The molecule has 1 aromatic rings. The van der Waals surface area contributed by atoms with E-state index in [2.05, 4.69) is 0 Å². The lowest BCUT2D eigenvalue weighted by Gasteiger charge is -2.27. The van der Waals surface area contributed by atoms with Crippen LogP contribution in [0.3, 0.4) is 0 Å². The van der Waals surface area contributed by atoms with Gasteiger partial charge in [-0.15, -0.1) is 0 Å². The molecule has 7 heteroatoms. The van der Waals surface area contributed by atoms with Gasteiger partial charge in [-0.3, -0.25) is 14.4 Å². The molecule has 7 nitrogen and oxygen atoms in total. The van der Waals surface area contributed by atoms with Gasteiger partial charge in [0.2, 0.25) is 11.8 Å². The van der Waals surface area contributed by atoms with Gasteiger partial charge in [0.15, 0.2) is 0 Å². The molecule has 1 aromatic carbocycles. The van der Waals surface area contributed by atoms with Crippen LogP contribution >= 0.6 is 0 Å². The number of carbonyl (C=O) groups excluding carboxylic acids is 2. The lowest BCUT2D eigenvalue weighted by Crippen LogP contribution is -2.40. The van der Waals surface area contributed by atoms with E-state index in [4.69, 9.17) is 9.84 Å². The van der Waals surface area contributed by atoms with E-state index in [1.807, 2.05) is 37.3 Å². The first-order chi connectivity index (χ1) is 12.5. The van der Waals surface area contributed by atoms with E-state index in [0.29, 0.717) is 32.5 Å². The van der Waals surface area contributed by atoms with Crippen LogP contribution in [0.25, 0.3) is 0 Å². The number of aliphatic carboxylic acids is 1. The number of nitrogens with zero attached hydrogens (tertiary/aromatic N) is 2. The Bertz CT molecular complexity index is 620. The normalized spacial score (nSPS) is 18.1. The van der Waals surface area contributed by atoms with Crippen LogP contribution < -0.4 is 0 Å². The molecular weight excluding hydrogens is 336 g/mol.